The van der Waals surface area contributed by atoms with Gasteiger partial charge in [-0.1, -0.05) is 19.9 Å². The smallest absolute Gasteiger partial charge is 0.0224 e. The molecule has 1 aliphatic rings. The van der Waals surface area contributed by atoms with E-state index in [0.717, 1.165) is 0 Å². The molecular formula is C7H11NS. The zero-order valence-electron chi connectivity index (χ0n) is 6.01. The molecule has 0 radical (unpaired) electrons. The molecule has 1 aliphatic heterocycles. The van der Waals surface area contributed by atoms with Crippen molar-refractivity contribution < 1.29 is 0 Å². The first-order valence-electron chi connectivity index (χ1n) is 3.01. The fourth-order valence-electron chi connectivity index (χ4n) is 0.833. The SMILES string of the molecule is CC1=CC(C)(C)C=NS1. The highest BCUT2D eigenvalue weighted by molar-refractivity contribution is 8.01. The largest absolute Gasteiger partial charge is 0.223 e. The zero-order chi connectivity index (χ0) is 6.91. The molecule has 0 unspecified atom stereocenters. The Bertz CT molecular complexity index is 168. The molecule has 9 heavy (non-hydrogen) atoms. The van der Waals surface area contributed by atoms with E-state index in [2.05, 4.69) is 31.2 Å². The molecule has 0 aliphatic carbocycles. The van der Waals surface area contributed by atoms with Gasteiger partial charge < -0.3 is 0 Å². The Morgan fingerprint density at radius 3 is 2.56 bits per heavy atom. The lowest BCUT2D eigenvalue weighted by Crippen LogP contribution is -2.10. The highest BCUT2D eigenvalue weighted by Gasteiger charge is 2.14. The Morgan fingerprint density at radius 1 is 1.56 bits per heavy atom. The van der Waals surface area contributed by atoms with Gasteiger partial charge in [-0.15, -0.1) is 0 Å². The number of hydrogen-bond donors (Lipinski definition) is 0. The molecule has 0 saturated carbocycles. The van der Waals surface area contributed by atoms with Crippen LogP contribution >= 0.6 is 11.9 Å². The molecule has 0 aromatic heterocycles. The first kappa shape index (κ1) is 6.87. The Kier molecular flexibility index (Phi) is 1.66. The van der Waals surface area contributed by atoms with Crippen molar-refractivity contribution in [1.29, 1.82) is 0 Å². The second kappa shape index (κ2) is 2.18. The summed E-state index contributed by atoms with van der Waals surface area (Å²) in [4.78, 5) is 1.29. The lowest BCUT2D eigenvalue weighted by atomic mass is 9.95. The van der Waals surface area contributed by atoms with E-state index in [1.807, 2.05) is 6.21 Å². The summed E-state index contributed by atoms with van der Waals surface area (Å²) in [6.45, 7) is 6.39. The Morgan fingerprint density at radius 2 is 2.22 bits per heavy atom. The summed E-state index contributed by atoms with van der Waals surface area (Å²) in [5, 5.41) is 0. The molecule has 50 valence electrons. The number of allylic oxidation sites excluding steroid dienone is 2. The molecule has 0 aromatic rings. The minimum atomic E-state index is 0.176. The Labute approximate surface area is 60.4 Å². The molecular weight excluding hydrogens is 130 g/mol. The second-order valence-corrected chi connectivity index (χ2v) is 3.94. The van der Waals surface area contributed by atoms with Crippen molar-refractivity contribution in [2.75, 3.05) is 0 Å². The quantitative estimate of drug-likeness (QED) is 0.472. The maximum Gasteiger partial charge on any atom is 0.0224 e. The van der Waals surface area contributed by atoms with E-state index >= 15 is 0 Å². The van der Waals surface area contributed by atoms with Gasteiger partial charge >= 0.3 is 0 Å². The average molecular weight is 141 g/mol. The van der Waals surface area contributed by atoms with Crippen LogP contribution in [0.4, 0.5) is 0 Å². The molecule has 0 bridgehead atoms. The van der Waals surface area contributed by atoms with Crippen molar-refractivity contribution in [3.63, 3.8) is 0 Å². The number of hydrogen-bond acceptors (Lipinski definition) is 2. The maximum absolute atomic E-state index is 4.13. The molecule has 0 spiro atoms. The van der Waals surface area contributed by atoms with Gasteiger partial charge in [0.1, 0.15) is 0 Å². The molecule has 1 rings (SSSR count). The van der Waals surface area contributed by atoms with Gasteiger partial charge in [-0.05, 0) is 6.92 Å². The first-order chi connectivity index (χ1) is 4.10. The predicted octanol–water partition coefficient (Wildman–Crippen LogP) is 2.65. The second-order valence-electron chi connectivity index (χ2n) is 2.90. The third-order valence-corrected chi connectivity index (χ3v) is 1.77. The summed E-state index contributed by atoms with van der Waals surface area (Å²) in [5.74, 6) is 0. The zero-order valence-corrected chi connectivity index (χ0v) is 6.83. The third kappa shape index (κ3) is 1.86. The summed E-state index contributed by atoms with van der Waals surface area (Å²) < 4.78 is 4.13. The minimum Gasteiger partial charge on any atom is -0.223 e. The van der Waals surface area contributed by atoms with Crippen molar-refractivity contribution in [2.45, 2.75) is 20.8 Å². The van der Waals surface area contributed by atoms with Crippen LogP contribution in [0.15, 0.2) is 15.4 Å². The minimum absolute atomic E-state index is 0.176. The molecule has 1 heterocycles. The topological polar surface area (TPSA) is 12.4 Å². The van der Waals surface area contributed by atoms with E-state index in [1.54, 1.807) is 11.9 Å². The van der Waals surface area contributed by atoms with Crippen molar-refractivity contribution in [3.05, 3.63) is 11.0 Å². The number of rotatable bonds is 0. The van der Waals surface area contributed by atoms with Crippen molar-refractivity contribution in [1.82, 2.24) is 0 Å². The lowest BCUT2D eigenvalue weighted by Gasteiger charge is -2.17. The van der Waals surface area contributed by atoms with Gasteiger partial charge in [0, 0.05) is 28.5 Å². The van der Waals surface area contributed by atoms with Crippen LogP contribution in [-0.2, 0) is 0 Å². The van der Waals surface area contributed by atoms with E-state index in [-0.39, 0.29) is 5.41 Å². The Balaban J connectivity index is 2.78. The van der Waals surface area contributed by atoms with Crippen molar-refractivity contribution in [2.24, 2.45) is 9.81 Å². The van der Waals surface area contributed by atoms with Crippen LogP contribution in [0.25, 0.3) is 0 Å². The highest BCUT2D eigenvalue weighted by atomic mass is 32.2. The van der Waals surface area contributed by atoms with Crippen LogP contribution in [0.2, 0.25) is 0 Å². The molecule has 0 N–H and O–H groups in total. The van der Waals surface area contributed by atoms with Gasteiger partial charge in [-0.2, -0.15) is 0 Å². The van der Waals surface area contributed by atoms with E-state index in [4.69, 9.17) is 0 Å². The summed E-state index contributed by atoms with van der Waals surface area (Å²) in [6, 6.07) is 0. The van der Waals surface area contributed by atoms with Gasteiger partial charge in [0.2, 0.25) is 0 Å². The first-order valence-corrected chi connectivity index (χ1v) is 3.78. The third-order valence-electron chi connectivity index (χ3n) is 1.16. The van der Waals surface area contributed by atoms with Crippen LogP contribution < -0.4 is 0 Å². The van der Waals surface area contributed by atoms with E-state index in [0.29, 0.717) is 0 Å². The van der Waals surface area contributed by atoms with Gasteiger partial charge in [-0.25, -0.2) is 4.40 Å². The Hall–Kier alpha value is -0.240. The van der Waals surface area contributed by atoms with Crippen LogP contribution in [0.1, 0.15) is 20.8 Å². The van der Waals surface area contributed by atoms with E-state index in [1.165, 1.54) is 4.91 Å². The van der Waals surface area contributed by atoms with Crippen molar-refractivity contribution in [3.8, 4) is 0 Å². The van der Waals surface area contributed by atoms with Gasteiger partial charge in [-0.3, -0.25) is 0 Å². The van der Waals surface area contributed by atoms with Crippen LogP contribution in [0, 0.1) is 5.41 Å². The van der Waals surface area contributed by atoms with E-state index in [9.17, 15) is 0 Å². The lowest BCUT2D eigenvalue weighted by molar-refractivity contribution is 0.691. The fourth-order valence-corrected chi connectivity index (χ4v) is 1.68. The summed E-state index contributed by atoms with van der Waals surface area (Å²) in [6.07, 6.45) is 4.20. The van der Waals surface area contributed by atoms with Crippen LogP contribution in [0.5, 0.6) is 0 Å². The maximum atomic E-state index is 4.13. The molecule has 0 amide bonds. The molecule has 0 fully saturated rings. The van der Waals surface area contributed by atoms with E-state index < -0.39 is 0 Å². The predicted molar refractivity (Wildman–Crippen MR) is 43.6 cm³/mol. The highest BCUT2D eigenvalue weighted by Crippen LogP contribution is 2.28. The van der Waals surface area contributed by atoms with Crippen LogP contribution in [-0.4, -0.2) is 6.21 Å². The summed E-state index contributed by atoms with van der Waals surface area (Å²) in [7, 11) is 0. The van der Waals surface area contributed by atoms with Gasteiger partial charge in [0.25, 0.3) is 0 Å². The fraction of sp³-hybridized carbons (Fsp3) is 0.571. The van der Waals surface area contributed by atoms with Crippen LogP contribution in [0.3, 0.4) is 0 Å². The number of nitrogens with zero attached hydrogens (tertiary/aromatic N) is 1. The van der Waals surface area contributed by atoms with Crippen molar-refractivity contribution >= 4 is 18.2 Å². The normalized spacial score (nSPS) is 23.7. The average Bonchev–Trinajstić information content (AvgIpc) is 1.60. The van der Waals surface area contributed by atoms with Gasteiger partial charge in [0.05, 0.1) is 0 Å². The molecule has 1 nitrogen and oxygen atoms in total. The standard InChI is InChI=1S/C7H11NS/c1-6-4-7(2,3)5-8-9-6/h4-5H,1-3H3. The summed E-state index contributed by atoms with van der Waals surface area (Å²) >= 11 is 1.55. The molecule has 2 heteroatoms. The molecule has 0 aromatic carbocycles. The monoisotopic (exact) mass is 141 g/mol. The molecule has 0 saturated heterocycles. The molecule has 0 atom stereocenters. The van der Waals surface area contributed by atoms with Gasteiger partial charge in [0.15, 0.2) is 0 Å². The summed E-state index contributed by atoms with van der Waals surface area (Å²) in [5.41, 5.74) is 0.176.